The molecular formula is C5H6NO2. The van der Waals surface area contributed by atoms with E-state index >= 15 is 0 Å². The molecule has 1 aliphatic heterocycles. The highest BCUT2D eigenvalue weighted by molar-refractivity contribution is 6.07. The Morgan fingerprint density at radius 1 is 1.62 bits per heavy atom. The van der Waals surface area contributed by atoms with E-state index in [0.29, 0.717) is 0 Å². The second kappa shape index (κ2) is 1.58. The molecular weight excluding hydrogens is 106 g/mol. The third-order valence-corrected chi connectivity index (χ3v) is 1.16. The molecule has 0 aliphatic carbocycles. The first-order chi connectivity index (χ1) is 3.72. The molecule has 0 aromatic heterocycles. The van der Waals surface area contributed by atoms with Gasteiger partial charge in [-0.1, -0.05) is 0 Å². The van der Waals surface area contributed by atoms with Crippen LogP contribution in [0.5, 0.6) is 0 Å². The van der Waals surface area contributed by atoms with Crippen molar-refractivity contribution in [3.8, 4) is 0 Å². The first kappa shape index (κ1) is 5.28. The molecule has 0 saturated carbocycles. The molecule has 0 N–H and O–H groups in total. The SMILES string of the molecule is CN1C(=O)[CH]CC1=O. The smallest absolute Gasteiger partial charge is 0.233 e. The first-order valence-corrected chi connectivity index (χ1v) is 2.35. The summed E-state index contributed by atoms with van der Waals surface area (Å²) >= 11 is 0. The lowest BCUT2D eigenvalue weighted by atomic mass is 10.4. The highest BCUT2D eigenvalue weighted by Gasteiger charge is 2.24. The predicted molar refractivity (Wildman–Crippen MR) is 26.7 cm³/mol. The summed E-state index contributed by atoms with van der Waals surface area (Å²) in [6.45, 7) is 0. The van der Waals surface area contributed by atoms with E-state index in [2.05, 4.69) is 0 Å². The van der Waals surface area contributed by atoms with Crippen LogP contribution >= 0.6 is 0 Å². The zero-order valence-corrected chi connectivity index (χ0v) is 4.55. The van der Waals surface area contributed by atoms with E-state index in [1.807, 2.05) is 0 Å². The van der Waals surface area contributed by atoms with Crippen molar-refractivity contribution in [2.24, 2.45) is 0 Å². The maximum Gasteiger partial charge on any atom is 0.233 e. The first-order valence-electron chi connectivity index (χ1n) is 2.35. The molecule has 0 unspecified atom stereocenters. The van der Waals surface area contributed by atoms with Crippen molar-refractivity contribution in [1.82, 2.24) is 4.90 Å². The highest BCUT2D eigenvalue weighted by Crippen LogP contribution is 2.06. The van der Waals surface area contributed by atoms with E-state index in [-0.39, 0.29) is 18.2 Å². The van der Waals surface area contributed by atoms with Gasteiger partial charge in [-0.15, -0.1) is 0 Å². The normalized spacial score (nSPS) is 20.4. The summed E-state index contributed by atoms with van der Waals surface area (Å²) in [5.74, 6) is -0.301. The van der Waals surface area contributed by atoms with Crippen LogP contribution in [0.3, 0.4) is 0 Å². The molecule has 1 fully saturated rings. The standard InChI is InChI=1S/C5H6NO2/c1-6-4(7)2-3-5(6)8/h2H,3H2,1H3. The molecule has 0 aromatic rings. The van der Waals surface area contributed by atoms with Crippen LogP contribution in [-0.2, 0) is 9.59 Å². The van der Waals surface area contributed by atoms with E-state index in [4.69, 9.17) is 0 Å². The third kappa shape index (κ3) is 0.598. The fourth-order valence-corrected chi connectivity index (χ4v) is 0.571. The third-order valence-electron chi connectivity index (χ3n) is 1.16. The minimum atomic E-state index is -0.185. The second-order valence-electron chi connectivity index (χ2n) is 1.70. The Balaban J connectivity index is 2.70. The maximum atomic E-state index is 10.5. The number of likely N-dealkylation sites (tertiary alicyclic amines) is 1. The average molecular weight is 112 g/mol. The van der Waals surface area contributed by atoms with Crippen LogP contribution in [0.15, 0.2) is 0 Å². The summed E-state index contributed by atoms with van der Waals surface area (Å²) in [5, 5.41) is 0. The molecule has 3 heteroatoms. The van der Waals surface area contributed by atoms with Crippen molar-refractivity contribution in [2.45, 2.75) is 6.42 Å². The Morgan fingerprint density at radius 3 is 2.38 bits per heavy atom. The molecule has 1 rings (SSSR count). The van der Waals surface area contributed by atoms with E-state index < -0.39 is 0 Å². The molecule has 1 aliphatic rings. The number of nitrogens with zero attached hydrogens (tertiary/aromatic N) is 1. The van der Waals surface area contributed by atoms with Gasteiger partial charge in [0.1, 0.15) is 0 Å². The zero-order valence-electron chi connectivity index (χ0n) is 4.55. The van der Waals surface area contributed by atoms with Crippen molar-refractivity contribution in [1.29, 1.82) is 0 Å². The zero-order chi connectivity index (χ0) is 6.15. The van der Waals surface area contributed by atoms with Gasteiger partial charge in [-0.25, -0.2) is 0 Å². The average Bonchev–Trinajstić information content (AvgIpc) is 1.98. The summed E-state index contributed by atoms with van der Waals surface area (Å²) in [6, 6.07) is 0. The van der Waals surface area contributed by atoms with Gasteiger partial charge in [-0.05, 0) is 0 Å². The Bertz CT molecular complexity index is 125. The lowest BCUT2D eigenvalue weighted by Gasteiger charge is -2.01. The van der Waals surface area contributed by atoms with Gasteiger partial charge in [-0.2, -0.15) is 0 Å². The number of carbonyl (C=O) groups excluding carboxylic acids is 2. The second-order valence-corrected chi connectivity index (χ2v) is 1.70. The molecule has 0 bridgehead atoms. The van der Waals surface area contributed by atoms with Crippen molar-refractivity contribution < 1.29 is 9.59 Å². The molecule has 0 spiro atoms. The minimum Gasteiger partial charge on any atom is -0.285 e. The molecule has 3 nitrogen and oxygen atoms in total. The Kier molecular flexibility index (Phi) is 1.04. The molecule has 43 valence electrons. The monoisotopic (exact) mass is 112 g/mol. The molecule has 1 radical (unpaired) electrons. The van der Waals surface area contributed by atoms with Gasteiger partial charge in [0.25, 0.3) is 0 Å². The number of hydrogen-bond acceptors (Lipinski definition) is 2. The Labute approximate surface area is 47.3 Å². The van der Waals surface area contributed by atoms with Crippen molar-refractivity contribution in [3.63, 3.8) is 0 Å². The number of carbonyl (C=O) groups is 2. The number of rotatable bonds is 0. The van der Waals surface area contributed by atoms with E-state index in [0.717, 1.165) is 4.90 Å². The number of hydrogen-bond donors (Lipinski definition) is 0. The summed E-state index contributed by atoms with van der Waals surface area (Å²) in [5.41, 5.74) is 0. The number of imide groups is 1. The van der Waals surface area contributed by atoms with E-state index in [1.165, 1.54) is 13.5 Å². The van der Waals surface area contributed by atoms with Crippen LogP contribution in [0.2, 0.25) is 0 Å². The molecule has 1 saturated heterocycles. The van der Waals surface area contributed by atoms with Crippen LogP contribution in [0.1, 0.15) is 6.42 Å². The summed E-state index contributed by atoms with van der Waals surface area (Å²) in [6.07, 6.45) is 1.65. The maximum absolute atomic E-state index is 10.5. The van der Waals surface area contributed by atoms with Gasteiger partial charge >= 0.3 is 0 Å². The van der Waals surface area contributed by atoms with Gasteiger partial charge in [0.15, 0.2) is 0 Å². The topological polar surface area (TPSA) is 37.4 Å². The molecule has 2 amide bonds. The van der Waals surface area contributed by atoms with Gasteiger partial charge < -0.3 is 0 Å². The lowest BCUT2D eigenvalue weighted by molar-refractivity contribution is -0.135. The molecule has 1 heterocycles. The minimum absolute atomic E-state index is 0.116. The van der Waals surface area contributed by atoms with Gasteiger partial charge in [-0.3, -0.25) is 14.5 Å². The van der Waals surface area contributed by atoms with Crippen LogP contribution in [0, 0.1) is 6.42 Å². The summed E-state index contributed by atoms with van der Waals surface area (Å²) in [7, 11) is 1.48. The van der Waals surface area contributed by atoms with Crippen LogP contribution in [0.4, 0.5) is 0 Å². The van der Waals surface area contributed by atoms with E-state index in [1.54, 1.807) is 0 Å². The van der Waals surface area contributed by atoms with Crippen LogP contribution < -0.4 is 0 Å². The Morgan fingerprint density at radius 2 is 2.25 bits per heavy atom. The molecule has 0 aromatic carbocycles. The Hall–Kier alpha value is -0.860. The summed E-state index contributed by atoms with van der Waals surface area (Å²) < 4.78 is 0. The van der Waals surface area contributed by atoms with Crippen molar-refractivity contribution in [2.75, 3.05) is 7.05 Å². The quantitative estimate of drug-likeness (QED) is 0.399. The van der Waals surface area contributed by atoms with Crippen LogP contribution in [0.25, 0.3) is 0 Å². The predicted octanol–water partition coefficient (Wildman–Crippen LogP) is -0.421. The van der Waals surface area contributed by atoms with Gasteiger partial charge in [0.05, 0.1) is 6.42 Å². The van der Waals surface area contributed by atoms with Crippen molar-refractivity contribution in [3.05, 3.63) is 6.42 Å². The molecule has 8 heavy (non-hydrogen) atoms. The lowest BCUT2D eigenvalue weighted by Crippen LogP contribution is -2.23. The molecule has 0 atom stereocenters. The van der Waals surface area contributed by atoms with Gasteiger partial charge in [0, 0.05) is 13.5 Å². The van der Waals surface area contributed by atoms with Crippen molar-refractivity contribution >= 4 is 11.8 Å². The fourth-order valence-electron chi connectivity index (χ4n) is 0.571. The van der Waals surface area contributed by atoms with Gasteiger partial charge in [0.2, 0.25) is 11.8 Å². The largest absolute Gasteiger partial charge is 0.285 e. The fraction of sp³-hybridized carbons (Fsp3) is 0.400. The summed E-state index contributed by atoms with van der Waals surface area (Å²) in [4.78, 5) is 22.0. The van der Waals surface area contributed by atoms with Crippen LogP contribution in [-0.4, -0.2) is 23.8 Å². The highest BCUT2D eigenvalue weighted by atomic mass is 16.2. The van der Waals surface area contributed by atoms with E-state index in [9.17, 15) is 9.59 Å². The number of amides is 2.